The van der Waals surface area contributed by atoms with E-state index in [1.165, 1.54) is 18.5 Å². The molecule has 0 bridgehead atoms. The van der Waals surface area contributed by atoms with Crippen molar-refractivity contribution in [3.63, 3.8) is 0 Å². The number of fused-ring (bicyclic) bond motifs is 1. The van der Waals surface area contributed by atoms with Gasteiger partial charge in [0.05, 0.1) is 11.9 Å². The largest absolute Gasteiger partial charge is 0.370 e. The number of pyridine rings is 1. The van der Waals surface area contributed by atoms with Crippen molar-refractivity contribution in [1.82, 2.24) is 19.5 Å². The zero-order valence-corrected chi connectivity index (χ0v) is 16.1. The molecule has 4 heterocycles. The lowest BCUT2D eigenvalue weighted by molar-refractivity contribution is 0.194. The van der Waals surface area contributed by atoms with Gasteiger partial charge in [-0.2, -0.15) is 5.10 Å². The molecule has 0 N–H and O–H groups in total. The van der Waals surface area contributed by atoms with Crippen molar-refractivity contribution in [2.45, 2.75) is 38.1 Å². The Kier molecular flexibility index (Phi) is 4.72. The van der Waals surface area contributed by atoms with Gasteiger partial charge in [-0.3, -0.25) is 4.90 Å². The van der Waals surface area contributed by atoms with Crippen LogP contribution in [0.5, 0.6) is 0 Å². The quantitative estimate of drug-likeness (QED) is 0.690. The van der Waals surface area contributed by atoms with Gasteiger partial charge in [-0.1, -0.05) is 18.2 Å². The van der Waals surface area contributed by atoms with Crippen LogP contribution < -0.4 is 4.90 Å². The van der Waals surface area contributed by atoms with Gasteiger partial charge in [-0.15, -0.1) is 0 Å². The summed E-state index contributed by atoms with van der Waals surface area (Å²) < 4.78 is 15.9. The van der Waals surface area contributed by atoms with Crippen molar-refractivity contribution in [2.75, 3.05) is 31.1 Å². The van der Waals surface area contributed by atoms with E-state index in [1.807, 2.05) is 16.6 Å². The molecule has 2 aromatic heterocycles. The number of nitrogens with zero attached hydrogens (tertiary/aromatic N) is 5. The van der Waals surface area contributed by atoms with E-state index in [2.05, 4.69) is 28.1 Å². The average Bonchev–Trinajstić information content (AvgIpc) is 3.39. The second-order valence-electron chi connectivity index (χ2n) is 8.02. The van der Waals surface area contributed by atoms with Crippen LogP contribution in [0.1, 0.15) is 43.0 Å². The normalized spacial score (nSPS) is 20.9. The number of piperidine rings is 1. The molecule has 0 radical (unpaired) electrons. The smallest absolute Gasteiger partial charge is 0.156 e. The van der Waals surface area contributed by atoms with Gasteiger partial charge in [0.15, 0.2) is 11.5 Å². The molecule has 2 fully saturated rings. The Morgan fingerprint density at radius 1 is 1.00 bits per heavy atom. The number of hydrogen-bond donors (Lipinski definition) is 0. The SMILES string of the molecule is Fc1ccccc1CN1CCCC(c2nc3ccc(N4CCCC4)cn3n2)C1. The van der Waals surface area contributed by atoms with Crippen molar-refractivity contribution >= 4 is 11.3 Å². The number of aromatic nitrogens is 3. The topological polar surface area (TPSA) is 36.7 Å². The van der Waals surface area contributed by atoms with Crippen LogP contribution in [0, 0.1) is 5.82 Å². The van der Waals surface area contributed by atoms with Crippen LogP contribution in [0.15, 0.2) is 42.6 Å². The second kappa shape index (κ2) is 7.51. The molecule has 2 saturated heterocycles. The molecule has 5 rings (SSSR count). The first kappa shape index (κ1) is 17.6. The van der Waals surface area contributed by atoms with E-state index < -0.39 is 0 Å². The highest BCUT2D eigenvalue weighted by Crippen LogP contribution is 2.27. The number of anilines is 1. The minimum Gasteiger partial charge on any atom is -0.370 e. The molecule has 1 aromatic carbocycles. The minimum absolute atomic E-state index is 0.120. The summed E-state index contributed by atoms with van der Waals surface area (Å²) in [6, 6.07) is 11.3. The van der Waals surface area contributed by atoms with Gasteiger partial charge < -0.3 is 4.90 Å². The van der Waals surface area contributed by atoms with Crippen molar-refractivity contribution < 1.29 is 4.39 Å². The van der Waals surface area contributed by atoms with Crippen molar-refractivity contribution in [2.24, 2.45) is 0 Å². The predicted molar refractivity (Wildman–Crippen MR) is 108 cm³/mol. The van der Waals surface area contributed by atoms with Crippen molar-refractivity contribution in [3.8, 4) is 0 Å². The number of hydrogen-bond acceptors (Lipinski definition) is 4. The van der Waals surface area contributed by atoms with E-state index >= 15 is 0 Å². The summed E-state index contributed by atoms with van der Waals surface area (Å²) in [5.41, 5.74) is 2.90. The first-order valence-corrected chi connectivity index (χ1v) is 10.3. The summed E-state index contributed by atoms with van der Waals surface area (Å²) >= 11 is 0. The van der Waals surface area contributed by atoms with Crippen molar-refractivity contribution in [3.05, 3.63) is 59.8 Å². The number of likely N-dealkylation sites (tertiary alicyclic amines) is 1. The molecule has 1 unspecified atom stereocenters. The molecule has 0 spiro atoms. The van der Waals surface area contributed by atoms with Crippen LogP contribution in [0.25, 0.3) is 5.65 Å². The number of rotatable bonds is 4. The molecule has 3 aromatic rings. The van der Waals surface area contributed by atoms with Gasteiger partial charge in [0.2, 0.25) is 0 Å². The molecule has 28 heavy (non-hydrogen) atoms. The van der Waals surface area contributed by atoms with E-state index in [1.54, 1.807) is 12.1 Å². The molecular weight excluding hydrogens is 353 g/mol. The van der Waals surface area contributed by atoms with E-state index in [0.717, 1.165) is 56.1 Å². The lowest BCUT2D eigenvalue weighted by Crippen LogP contribution is -2.34. The Hall–Kier alpha value is -2.47. The second-order valence-corrected chi connectivity index (χ2v) is 8.02. The lowest BCUT2D eigenvalue weighted by atomic mass is 9.97. The van der Waals surface area contributed by atoms with Gasteiger partial charge in [0.25, 0.3) is 0 Å². The van der Waals surface area contributed by atoms with Crippen molar-refractivity contribution in [1.29, 1.82) is 0 Å². The highest BCUT2D eigenvalue weighted by Gasteiger charge is 2.25. The third-order valence-electron chi connectivity index (χ3n) is 6.03. The Morgan fingerprint density at radius 3 is 2.71 bits per heavy atom. The molecule has 6 heteroatoms. The molecule has 2 aliphatic heterocycles. The third-order valence-corrected chi connectivity index (χ3v) is 6.03. The van der Waals surface area contributed by atoms with Crippen LogP contribution >= 0.6 is 0 Å². The van der Waals surface area contributed by atoms with Crippen LogP contribution in [-0.2, 0) is 6.54 Å². The molecule has 0 amide bonds. The zero-order valence-electron chi connectivity index (χ0n) is 16.1. The summed E-state index contributed by atoms with van der Waals surface area (Å²) in [5, 5.41) is 4.81. The van der Waals surface area contributed by atoms with E-state index in [9.17, 15) is 4.39 Å². The minimum atomic E-state index is -0.120. The Labute approximate surface area is 164 Å². The first-order chi connectivity index (χ1) is 13.8. The van der Waals surface area contributed by atoms with Crippen LogP contribution in [0.3, 0.4) is 0 Å². The summed E-state index contributed by atoms with van der Waals surface area (Å²) in [7, 11) is 0. The van der Waals surface area contributed by atoms with Crippen LogP contribution in [-0.4, -0.2) is 45.7 Å². The number of halogens is 1. The Balaban J connectivity index is 1.33. The molecule has 2 aliphatic rings. The fourth-order valence-corrected chi connectivity index (χ4v) is 4.50. The molecule has 1 atom stereocenters. The summed E-state index contributed by atoms with van der Waals surface area (Å²) in [4.78, 5) is 9.54. The summed E-state index contributed by atoms with van der Waals surface area (Å²) in [6.07, 6.45) is 6.82. The lowest BCUT2D eigenvalue weighted by Gasteiger charge is -2.31. The molecule has 0 saturated carbocycles. The third kappa shape index (κ3) is 3.49. The van der Waals surface area contributed by atoms with E-state index in [4.69, 9.17) is 10.1 Å². The molecule has 0 aliphatic carbocycles. The highest BCUT2D eigenvalue weighted by molar-refractivity contribution is 5.52. The van der Waals surface area contributed by atoms with Gasteiger partial charge in [-0.05, 0) is 50.4 Å². The maximum absolute atomic E-state index is 14.0. The van der Waals surface area contributed by atoms with E-state index in [0.29, 0.717) is 12.5 Å². The fraction of sp³-hybridized carbons (Fsp3) is 0.455. The van der Waals surface area contributed by atoms with Gasteiger partial charge in [0.1, 0.15) is 5.82 Å². The zero-order chi connectivity index (χ0) is 18.9. The summed E-state index contributed by atoms with van der Waals surface area (Å²) in [5.74, 6) is 1.09. The molecule has 5 nitrogen and oxygen atoms in total. The maximum atomic E-state index is 14.0. The fourth-order valence-electron chi connectivity index (χ4n) is 4.50. The molecule has 146 valence electrons. The van der Waals surface area contributed by atoms with Crippen LogP contribution in [0.2, 0.25) is 0 Å². The maximum Gasteiger partial charge on any atom is 0.156 e. The summed E-state index contributed by atoms with van der Waals surface area (Å²) in [6.45, 7) is 4.78. The monoisotopic (exact) mass is 379 g/mol. The number of benzene rings is 1. The standard InChI is InChI=1S/C22H26FN5/c23-20-8-2-1-6-17(20)14-26-11-5-7-18(15-26)22-24-21-10-9-19(16-28(21)25-22)27-12-3-4-13-27/h1-2,6,8-10,16,18H,3-5,7,11-15H2. The Morgan fingerprint density at radius 2 is 1.86 bits per heavy atom. The predicted octanol–water partition coefficient (Wildman–Crippen LogP) is 3.85. The van der Waals surface area contributed by atoms with E-state index in [-0.39, 0.29) is 5.82 Å². The highest BCUT2D eigenvalue weighted by atomic mass is 19.1. The van der Waals surface area contributed by atoms with Crippen LogP contribution in [0.4, 0.5) is 10.1 Å². The first-order valence-electron chi connectivity index (χ1n) is 10.3. The average molecular weight is 379 g/mol. The van der Waals surface area contributed by atoms with Gasteiger partial charge >= 0.3 is 0 Å². The van der Waals surface area contributed by atoms with Gasteiger partial charge in [-0.25, -0.2) is 13.9 Å². The molecular formula is C22H26FN5. The Bertz CT molecular complexity index is 962. The van der Waals surface area contributed by atoms with Gasteiger partial charge in [0, 0.05) is 37.7 Å².